The lowest BCUT2D eigenvalue weighted by molar-refractivity contribution is 0.0626. The van der Waals surface area contributed by atoms with Crippen LogP contribution < -0.4 is 4.90 Å². The lowest BCUT2D eigenvalue weighted by Gasteiger charge is -2.34. The topological polar surface area (TPSA) is 52.6 Å². The van der Waals surface area contributed by atoms with Gasteiger partial charge in [0.1, 0.15) is 5.82 Å². The molecule has 1 aliphatic rings. The number of aromatic nitrogens is 2. The fourth-order valence-electron chi connectivity index (χ4n) is 3.14. The highest BCUT2D eigenvalue weighted by Gasteiger charge is 2.25. The maximum absolute atomic E-state index is 12.9. The lowest BCUT2D eigenvalue weighted by Crippen LogP contribution is -2.49. The first-order valence-electron chi connectivity index (χ1n) is 8.46. The summed E-state index contributed by atoms with van der Waals surface area (Å²) in [6, 6.07) is 0. The second kappa shape index (κ2) is 7.03. The van der Waals surface area contributed by atoms with E-state index in [0.717, 1.165) is 55.9 Å². The van der Waals surface area contributed by atoms with Crippen LogP contribution in [-0.2, 0) is 0 Å². The zero-order valence-corrected chi connectivity index (χ0v) is 15.7. The molecule has 1 saturated heterocycles. The number of piperazine rings is 1. The number of nitrogens with zero attached hydrogens (tertiary/aromatic N) is 5. The van der Waals surface area contributed by atoms with Gasteiger partial charge in [0.15, 0.2) is 0 Å². The van der Waals surface area contributed by atoms with Crippen molar-refractivity contribution in [1.29, 1.82) is 0 Å². The van der Waals surface area contributed by atoms with Gasteiger partial charge in [-0.2, -0.15) is 0 Å². The molecule has 3 heterocycles. The normalized spacial score (nSPS) is 15.9. The quantitative estimate of drug-likeness (QED) is 0.849. The minimum absolute atomic E-state index is 0.0556. The Bertz CT molecular complexity index is 734. The van der Waals surface area contributed by atoms with Gasteiger partial charge in [-0.25, -0.2) is 9.97 Å². The Balaban J connectivity index is 1.85. The van der Waals surface area contributed by atoms with E-state index in [-0.39, 0.29) is 5.91 Å². The highest BCUT2D eigenvalue weighted by Crippen LogP contribution is 2.30. The average molecular weight is 347 g/mol. The number of rotatable bonds is 4. The van der Waals surface area contributed by atoms with E-state index in [1.165, 1.54) is 4.88 Å². The van der Waals surface area contributed by atoms with Crippen molar-refractivity contribution in [1.82, 2.24) is 19.8 Å². The third kappa shape index (κ3) is 3.23. The number of carbonyl (C=O) groups excluding carboxylic acids is 1. The van der Waals surface area contributed by atoms with E-state index in [2.05, 4.69) is 28.7 Å². The maximum Gasteiger partial charge on any atom is 0.291 e. The monoisotopic (exact) mass is 347 g/mol. The fraction of sp³-hybridized carbons (Fsp3) is 0.588. The van der Waals surface area contributed by atoms with Crippen molar-refractivity contribution in [3.8, 4) is 0 Å². The highest BCUT2D eigenvalue weighted by molar-refractivity contribution is 7.11. The number of hydrogen-bond donors (Lipinski definition) is 0. The van der Waals surface area contributed by atoms with Crippen molar-refractivity contribution in [3.05, 3.63) is 16.1 Å². The SMILES string of the molecule is CCCN1CCN(C(=O)c2nc(N(C)C)c3c(C)scc3n2)CC1. The van der Waals surface area contributed by atoms with Crippen LogP contribution in [0, 0.1) is 6.92 Å². The van der Waals surface area contributed by atoms with E-state index < -0.39 is 0 Å². The number of anilines is 1. The van der Waals surface area contributed by atoms with Gasteiger partial charge in [0.2, 0.25) is 5.82 Å². The van der Waals surface area contributed by atoms with Gasteiger partial charge in [0.05, 0.1) is 10.9 Å². The van der Waals surface area contributed by atoms with Crippen molar-refractivity contribution in [2.75, 3.05) is 51.7 Å². The molecule has 1 aliphatic heterocycles. The summed E-state index contributed by atoms with van der Waals surface area (Å²) in [7, 11) is 3.91. The summed E-state index contributed by atoms with van der Waals surface area (Å²) in [6.45, 7) is 8.72. The zero-order valence-electron chi connectivity index (χ0n) is 14.9. The van der Waals surface area contributed by atoms with E-state index in [9.17, 15) is 4.79 Å². The molecule has 0 bridgehead atoms. The molecule has 0 aliphatic carbocycles. The van der Waals surface area contributed by atoms with E-state index in [1.54, 1.807) is 11.3 Å². The fourth-order valence-corrected chi connectivity index (χ4v) is 3.92. The van der Waals surface area contributed by atoms with Crippen LogP contribution in [-0.4, -0.2) is 72.5 Å². The molecule has 0 atom stereocenters. The summed E-state index contributed by atoms with van der Waals surface area (Å²) in [4.78, 5) is 29.4. The molecular weight excluding hydrogens is 322 g/mol. The third-order valence-corrected chi connectivity index (χ3v) is 5.33. The Morgan fingerprint density at radius 1 is 1.25 bits per heavy atom. The first kappa shape index (κ1) is 17.1. The van der Waals surface area contributed by atoms with Crippen LogP contribution in [0.5, 0.6) is 0 Å². The number of aryl methyl sites for hydroxylation is 1. The van der Waals surface area contributed by atoms with Crippen LogP contribution in [0.15, 0.2) is 5.38 Å². The van der Waals surface area contributed by atoms with Crippen molar-refractivity contribution in [2.24, 2.45) is 0 Å². The van der Waals surface area contributed by atoms with Crippen molar-refractivity contribution >= 4 is 34.0 Å². The van der Waals surface area contributed by atoms with E-state index in [4.69, 9.17) is 0 Å². The summed E-state index contributed by atoms with van der Waals surface area (Å²) in [5.41, 5.74) is 0.865. The smallest absolute Gasteiger partial charge is 0.291 e. The van der Waals surface area contributed by atoms with Crippen molar-refractivity contribution < 1.29 is 4.79 Å². The molecule has 0 unspecified atom stereocenters. The molecular formula is C17H25N5OS. The first-order chi connectivity index (χ1) is 11.5. The molecule has 1 fully saturated rings. The number of fused-ring (bicyclic) bond motifs is 1. The zero-order chi connectivity index (χ0) is 17.3. The van der Waals surface area contributed by atoms with Crippen LogP contribution in [0.2, 0.25) is 0 Å². The van der Waals surface area contributed by atoms with Gasteiger partial charge >= 0.3 is 0 Å². The first-order valence-corrected chi connectivity index (χ1v) is 9.34. The molecule has 130 valence electrons. The molecule has 0 aromatic carbocycles. The van der Waals surface area contributed by atoms with E-state index in [1.807, 2.05) is 29.3 Å². The molecule has 2 aromatic heterocycles. The second-order valence-corrected chi connectivity index (χ2v) is 7.53. The van der Waals surface area contributed by atoms with Crippen molar-refractivity contribution in [2.45, 2.75) is 20.3 Å². The summed E-state index contributed by atoms with van der Waals surface area (Å²) >= 11 is 1.65. The molecule has 2 aromatic rings. The van der Waals surface area contributed by atoms with Gasteiger partial charge in [0.25, 0.3) is 5.91 Å². The van der Waals surface area contributed by atoms with Crippen molar-refractivity contribution in [3.63, 3.8) is 0 Å². The predicted octanol–water partition coefficient (Wildman–Crippen LogP) is 2.23. The summed E-state index contributed by atoms with van der Waals surface area (Å²) in [5, 5.41) is 3.06. The molecule has 0 N–H and O–H groups in total. The Morgan fingerprint density at radius 2 is 1.96 bits per heavy atom. The second-order valence-electron chi connectivity index (χ2n) is 6.45. The van der Waals surface area contributed by atoms with E-state index in [0.29, 0.717) is 5.82 Å². The van der Waals surface area contributed by atoms with Crippen LogP contribution >= 0.6 is 11.3 Å². The standard InChI is InChI=1S/C17H25N5OS/c1-5-6-21-7-9-22(10-8-21)17(23)15-18-13-11-24-12(2)14(13)16(19-15)20(3)4/h11H,5-10H2,1-4H3. The predicted molar refractivity (Wildman–Crippen MR) is 99.1 cm³/mol. The number of amides is 1. The summed E-state index contributed by atoms with van der Waals surface area (Å²) in [6.07, 6.45) is 1.15. The maximum atomic E-state index is 12.9. The molecule has 1 amide bonds. The average Bonchev–Trinajstić information content (AvgIpc) is 2.95. The Hall–Kier alpha value is -1.73. The number of carbonyl (C=O) groups is 1. The molecule has 6 nitrogen and oxygen atoms in total. The van der Waals surface area contributed by atoms with Crippen LogP contribution in [0.25, 0.3) is 10.9 Å². The highest BCUT2D eigenvalue weighted by atomic mass is 32.1. The van der Waals surface area contributed by atoms with Gasteiger partial charge in [-0.1, -0.05) is 6.92 Å². The molecule has 0 radical (unpaired) electrons. The molecule has 7 heteroatoms. The molecule has 24 heavy (non-hydrogen) atoms. The largest absolute Gasteiger partial charge is 0.362 e. The van der Waals surface area contributed by atoms with Gasteiger partial charge in [-0.3, -0.25) is 9.69 Å². The van der Waals surface area contributed by atoms with Gasteiger partial charge in [-0.05, 0) is 19.9 Å². The molecule has 0 spiro atoms. The van der Waals surface area contributed by atoms with E-state index >= 15 is 0 Å². The van der Waals surface area contributed by atoms with Gasteiger partial charge in [-0.15, -0.1) is 11.3 Å². The molecule has 3 rings (SSSR count). The number of hydrogen-bond acceptors (Lipinski definition) is 6. The minimum atomic E-state index is -0.0556. The minimum Gasteiger partial charge on any atom is -0.362 e. The summed E-state index contributed by atoms with van der Waals surface area (Å²) in [5.74, 6) is 1.08. The lowest BCUT2D eigenvalue weighted by atomic mass is 10.2. The third-order valence-electron chi connectivity index (χ3n) is 4.43. The Labute approximate surface area is 147 Å². The molecule has 0 saturated carbocycles. The van der Waals surface area contributed by atoms with Crippen LogP contribution in [0.4, 0.5) is 5.82 Å². The van der Waals surface area contributed by atoms with Crippen LogP contribution in [0.3, 0.4) is 0 Å². The summed E-state index contributed by atoms with van der Waals surface area (Å²) < 4.78 is 0. The van der Waals surface area contributed by atoms with Gasteiger partial charge < -0.3 is 9.80 Å². The van der Waals surface area contributed by atoms with Gasteiger partial charge in [0, 0.05) is 50.5 Å². The Morgan fingerprint density at radius 3 is 2.58 bits per heavy atom. The van der Waals surface area contributed by atoms with Crippen LogP contribution in [0.1, 0.15) is 28.8 Å². The number of thiophene rings is 1. The Kier molecular flexibility index (Phi) is 5.01.